The molecule has 0 aromatic heterocycles. The van der Waals surface area contributed by atoms with Gasteiger partial charge in [0.1, 0.15) is 18.0 Å². The van der Waals surface area contributed by atoms with E-state index in [0.29, 0.717) is 35.7 Å². The number of hydrogen-bond donors (Lipinski definition) is 2. The first-order valence-electron chi connectivity index (χ1n) is 9.67. The fourth-order valence-electron chi connectivity index (χ4n) is 2.23. The molecule has 0 aliphatic rings. The van der Waals surface area contributed by atoms with Crippen LogP contribution in [0.4, 0.5) is 10.5 Å². The molecule has 0 fully saturated rings. The standard InChI is InChI=1S/C21H26N2O3.C2H6/c1-5-21(3,4)26-20(24)23-19-12-11-17(13-18(19)15(2)22)25-14-16-9-7-6-8-10-16;1-2/h6-13,22H,5,14H2,1-4H3,(H,23,24);1-2H3. The number of carbonyl (C=O) groups is 1. The van der Waals surface area contributed by atoms with Gasteiger partial charge in [-0.1, -0.05) is 51.1 Å². The summed E-state index contributed by atoms with van der Waals surface area (Å²) in [6.45, 7) is 11.8. The summed E-state index contributed by atoms with van der Waals surface area (Å²) in [4.78, 5) is 12.1. The van der Waals surface area contributed by atoms with E-state index in [-0.39, 0.29) is 0 Å². The van der Waals surface area contributed by atoms with Crippen LogP contribution in [0.3, 0.4) is 0 Å². The third-order valence-corrected chi connectivity index (χ3v) is 4.10. The van der Waals surface area contributed by atoms with E-state index in [1.807, 2.05) is 65.0 Å². The van der Waals surface area contributed by atoms with Crippen LogP contribution in [-0.4, -0.2) is 17.4 Å². The van der Waals surface area contributed by atoms with Gasteiger partial charge in [0, 0.05) is 11.3 Å². The summed E-state index contributed by atoms with van der Waals surface area (Å²) in [5.41, 5.74) is 1.99. The van der Waals surface area contributed by atoms with E-state index in [2.05, 4.69) is 5.32 Å². The third kappa shape index (κ3) is 7.43. The maximum atomic E-state index is 12.1. The Bertz CT molecular complexity index is 771. The van der Waals surface area contributed by atoms with E-state index >= 15 is 0 Å². The molecule has 28 heavy (non-hydrogen) atoms. The van der Waals surface area contributed by atoms with Gasteiger partial charge >= 0.3 is 6.09 Å². The van der Waals surface area contributed by atoms with Crippen LogP contribution in [0.5, 0.6) is 5.75 Å². The van der Waals surface area contributed by atoms with Crippen molar-refractivity contribution in [1.82, 2.24) is 0 Å². The van der Waals surface area contributed by atoms with Crippen LogP contribution in [0.15, 0.2) is 48.5 Å². The zero-order valence-corrected chi connectivity index (χ0v) is 17.8. The molecular weight excluding hydrogens is 352 g/mol. The molecule has 0 saturated heterocycles. The highest BCUT2D eigenvalue weighted by Crippen LogP contribution is 2.24. The fourth-order valence-corrected chi connectivity index (χ4v) is 2.23. The van der Waals surface area contributed by atoms with Crippen molar-refractivity contribution in [3.63, 3.8) is 0 Å². The monoisotopic (exact) mass is 384 g/mol. The number of hydrogen-bond acceptors (Lipinski definition) is 4. The van der Waals surface area contributed by atoms with Crippen molar-refractivity contribution in [2.75, 3.05) is 5.32 Å². The van der Waals surface area contributed by atoms with Gasteiger partial charge in [-0.25, -0.2) is 4.79 Å². The molecule has 2 rings (SSSR count). The Hall–Kier alpha value is -2.82. The molecule has 0 aliphatic heterocycles. The van der Waals surface area contributed by atoms with Crippen LogP contribution in [-0.2, 0) is 11.3 Å². The van der Waals surface area contributed by atoms with Crippen LogP contribution >= 0.6 is 0 Å². The average Bonchev–Trinajstić information content (AvgIpc) is 2.69. The van der Waals surface area contributed by atoms with E-state index in [9.17, 15) is 4.79 Å². The summed E-state index contributed by atoms with van der Waals surface area (Å²) in [6.07, 6.45) is 0.181. The summed E-state index contributed by atoms with van der Waals surface area (Å²) in [6, 6.07) is 15.1. The van der Waals surface area contributed by atoms with Gasteiger partial charge in [-0.15, -0.1) is 0 Å². The summed E-state index contributed by atoms with van der Waals surface area (Å²) >= 11 is 0. The highest BCUT2D eigenvalue weighted by atomic mass is 16.6. The Balaban J connectivity index is 0.00000190. The summed E-state index contributed by atoms with van der Waals surface area (Å²) in [7, 11) is 0. The molecule has 5 nitrogen and oxygen atoms in total. The van der Waals surface area contributed by atoms with Crippen molar-refractivity contribution in [2.24, 2.45) is 0 Å². The maximum Gasteiger partial charge on any atom is 0.412 e. The maximum absolute atomic E-state index is 12.1. The second-order valence-corrected chi connectivity index (χ2v) is 6.73. The molecule has 2 N–H and O–H groups in total. The van der Waals surface area contributed by atoms with Gasteiger partial charge in [-0.3, -0.25) is 5.32 Å². The van der Waals surface area contributed by atoms with Crippen molar-refractivity contribution in [1.29, 1.82) is 5.41 Å². The van der Waals surface area contributed by atoms with Crippen molar-refractivity contribution in [3.05, 3.63) is 59.7 Å². The second-order valence-electron chi connectivity index (χ2n) is 6.73. The molecule has 0 radical (unpaired) electrons. The zero-order chi connectivity index (χ0) is 21.2. The Morgan fingerprint density at radius 3 is 2.32 bits per heavy atom. The summed E-state index contributed by atoms with van der Waals surface area (Å²) in [5.74, 6) is 0.642. The number of ether oxygens (including phenoxy) is 2. The summed E-state index contributed by atoms with van der Waals surface area (Å²) < 4.78 is 11.2. The Kier molecular flexibility index (Phi) is 9.22. The van der Waals surface area contributed by atoms with Crippen LogP contribution in [0.1, 0.15) is 59.1 Å². The van der Waals surface area contributed by atoms with Crippen LogP contribution in [0.25, 0.3) is 0 Å². The van der Waals surface area contributed by atoms with Gasteiger partial charge in [0.15, 0.2) is 0 Å². The van der Waals surface area contributed by atoms with Crippen LogP contribution in [0.2, 0.25) is 0 Å². The molecule has 0 saturated carbocycles. The zero-order valence-electron chi connectivity index (χ0n) is 17.8. The van der Waals surface area contributed by atoms with Crippen molar-refractivity contribution < 1.29 is 14.3 Å². The molecule has 5 heteroatoms. The number of nitrogens with one attached hydrogen (secondary N) is 2. The quantitative estimate of drug-likeness (QED) is 0.541. The molecule has 2 aromatic rings. The number of amides is 1. The topological polar surface area (TPSA) is 71.4 Å². The predicted octanol–water partition coefficient (Wildman–Crippen LogP) is 6.42. The Labute approximate surface area is 168 Å². The molecule has 0 unspecified atom stereocenters. The average molecular weight is 385 g/mol. The lowest BCUT2D eigenvalue weighted by Crippen LogP contribution is -2.30. The van der Waals surface area contributed by atoms with Gasteiger partial charge in [0.2, 0.25) is 0 Å². The normalized spacial score (nSPS) is 10.4. The number of benzene rings is 2. The molecule has 0 spiro atoms. The highest BCUT2D eigenvalue weighted by molar-refractivity contribution is 6.04. The van der Waals surface area contributed by atoms with E-state index in [1.54, 1.807) is 25.1 Å². The first-order chi connectivity index (χ1) is 13.3. The van der Waals surface area contributed by atoms with Crippen LogP contribution < -0.4 is 10.1 Å². The third-order valence-electron chi connectivity index (χ3n) is 4.10. The number of rotatable bonds is 7. The minimum absolute atomic E-state index is 0.334. The molecule has 1 amide bonds. The SMILES string of the molecule is CC.CCC(C)(C)OC(=O)Nc1ccc(OCc2ccccc2)cc1C(C)=N. The van der Waals surface area contributed by atoms with Gasteiger partial charge < -0.3 is 14.9 Å². The summed E-state index contributed by atoms with van der Waals surface area (Å²) in [5, 5.41) is 10.7. The predicted molar refractivity (Wildman–Crippen MR) is 116 cm³/mol. The van der Waals surface area contributed by atoms with Crippen molar-refractivity contribution in [2.45, 2.75) is 60.2 Å². The van der Waals surface area contributed by atoms with Crippen LogP contribution in [0, 0.1) is 5.41 Å². The molecule has 0 aliphatic carbocycles. The van der Waals surface area contributed by atoms with Crippen molar-refractivity contribution in [3.8, 4) is 5.75 Å². The van der Waals surface area contributed by atoms with E-state index in [4.69, 9.17) is 14.9 Å². The first-order valence-corrected chi connectivity index (χ1v) is 9.67. The second kappa shape index (κ2) is 11.1. The molecule has 0 atom stereocenters. The van der Waals surface area contributed by atoms with E-state index in [1.165, 1.54) is 0 Å². The van der Waals surface area contributed by atoms with E-state index in [0.717, 1.165) is 5.56 Å². The van der Waals surface area contributed by atoms with Gasteiger partial charge in [-0.2, -0.15) is 0 Å². The van der Waals surface area contributed by atoms with E-state index < -0.39 is 11.7 Å². The fraction of sp³-hybridized carbons (Fsp3) is 0.391. The van der Waals surface area contributed by atoms with Crippen molar-refractivity contribution >= 4 is 17.5 Å². The molecule has 2 aromatic carbocycles. The lowest BCUT2D eigenvalue weighted by Gasteiger charge is -2.23. The lowest BCUT2D eigenvalue weighted by molar-refractivity contribution is 0.0462. The highest BCUT2D eigenvalue weighted by Gasteiger charge is 2.21. The first kappa shape index (κ1) is 23.2. The number of anilines is 1. The molecule has 0 heterocycles. The van der Waals surface area contributed by atoms with Gasteiger partial charge in [0.25, 0.3) is 0 Å². The minimum Gasteiger partial charge on any atom is -0.489 e. The Morgan fingerprint density at radius 2 is 1.75 bits per heavy atom. The molecule has 152 valence electrons. The molecule has 0 bridgehead atoms. The minimum atomic E-state index is -0.539. The smallest absolute Gasteiger partial charge is 0.412 e. The molecular formula is C23H32N2O3. The lowest BCUT2D eigenvalue weighted by atomic mass is 10.1. The number of carbonyl (C=O) groups excluding carboxylic acids is 1. The van der Waals surface area contributed by atoms with Gasteiger partial charge in [0.05, 0.1) is 5.69 Å². The van der Waals surface area contributed by atoms with Gasteiger partial charge in [-0.05, 0) is 51.0 Å². The Morgan fingerprint density at radius 1 is 1.11 bits per heavy atom. The largest absolute Gasteiger partial charge is 0.489 e.